The highest BCUT2D eigenvalue weighted by Gasteiger charge is 2.36. The zero-order valence-corrected chi connectivity index (χ0v) is 12.2. The first-order chi connectivity index (χ1) is 9.77. The van der Waals surface area contributed by atoms with Crippen molar-refractivity contribution in [2.24, 2.45) is 0 Å². The van der Waals surface area contributed by atoms with E-state index in [0.717, 1.165) is 6.07 Å². The van der Waals surface area contributed by atoms with E-state index in [0.29, 0.717) is 13.0 Å². The van der Waals surface area contributed by atoms with Crippen LogP contribution in [0.15, 0.2) is 12.1 Å². The first-order valence-electron chi connectivity index (χ1n) is 6.36. The third-order valence-electron chi connectivity index (χ3n) is 3.10. The van der Waals surface area contributed by atoms with Crippen LogP contribution in [0.25, 0.3) is 10.9 Å². The highest BCUT2D eigenvalue weighted by molar-refractivity contribution is 6.35. The lowest BCUT2D eigenvalue weighted by atomic mass is 10.1. The summed E-state index contributed by atoms with van der Waals surface area (Å²) in [5.74, 6) is -0.655. The molecule has 0 saturated carbocycles. The monoisotopic (exact) mass is 320 g/mol. The van der Waals surface area contributed by atoms with Gasteiger partial charge < -0.3 is 5.32 Å². The molecule has 1 N–H and O–H groups in total. The van der Waals surface area contributed by atoms with E-state index in [4.69, 9.17) is 11.6 Å². The largest absolute Gasteiger partial charge is 0.433 e. The van der Waals surface area contributed by atoms with Gasteiger partial charge in [-0.25, -0.2) is 9.37 Å². The molecule has 0 fully saturated rings. The molecule has 0 amide bonds. The quantitative estimate of drug-likeness (QED) is 0.788. The Morgan fingerprint density at radius 3 is 2.52 bits per heavy atom. The number of alkyl halides is 3. The molecule has 2 rings (SSSR count). The number of hydrogen-bond donors (Lipinski definition) is 1. The molecular weight excluding hydrogens is 308 g/mol. The summed E-state index contributed by atoms with van der Waals surface area (Å²) in [5, 5.41) is 2.82. The number of benzene rings is 1. The lowest BCUT2D eigenvalue weighted by Crippen LogP contribution is -2.14. The number of anilines is 1. The number of hydrogen-bond acceptors (Lipinski definition) is 2. The van der Waals surface area contributed by atoms with Crippen LogP contribution >= 0.6 is 11.6 Å². The second-order valence-electron chi connectivity index (χ2n) is 4.64. The lowest BCUT2D eigenvalue weighted by Gasteiger charge is -2.18. The molecule has 0 unspecified atom stereocenters. The Bertz CT molecular complexity index is 683. The fourth-order valence-electron chi connectivity index (χ4n) is 2.14. The molecule has 7 heteroatoms. The molecule has 114 valence electrons. The van der Waals surface area contributed by atoms with E-state index in [1.807, 2.05) is 6.92 Å². The number of halogens is 5. The third-order valence-corrected chi connectivity index (χ3v) is 3.41. The summed E-state index contributed by atoms with van der Waals surface area (Å²) >= 11 is 5.89. The van der Waals surface area contributed by atoms with Crippen molar-refractivity contribution in [2.45, 2.75) is 26.4 Å². The average Bonchev–Trinajstić information content (AvgIpc) is 2.40. The summed E-state index contributed by atoms with van der Waals surface area (Å²) in [6.07, 6.45) is -3.94. The van der Waals surface area contributed by atoms with Crippen molar-refractivity contribution in [3.8, 4) is 0 Å². The Morgan fingerprint density at radius 1 is 1.29 bits per heavy atom. The van der Waals surface area contributed by atoms with E-state index in [2.05, 4.69) is 10.3 Å². The van der Waals surface area contributed by atoms with Crippen molar-refractivity contribution >= 4 is 28.2 Å². The van der Waals surface area contributed by atoms with E-state index < -0.39 is 17.7 Å². The Kier molecular flexibility index (Phi) is 4.27. The van der Waals surface area contributed by atoms with Crippen LogP contribution in [0.5, 0.6) is 0 Å². The van der Waals surface area contributed by atoms with Gasteiger partial charge in [0.25, 0.3) is 0 Å². The Morgan fingerprint density at radius 2 is 1.95 bits per heavy atom. The third kappa shape index (κ3) is 2.90. The van der Waals surface area contributed by atoms with Gasteiger partial charge in [-0.3, -0.25) is 0 Å². The molecule has 21 heavy (non-hydrogen) atoms. The fourth-order valence-corrected chi connectivity index (χ4v) is 2.34. The van der Waals surface area contributed by atoms with Crippen molar-refractivity contribution in [1.82, 2.24) is 4.98 Å². The molecule has 0 bridgehead atoms. The minimum atomic E-state index is -4.63. The molecular formula is C14H13ClF4N2. The second-order valence-corrected chi connectivity index (χ2v) is 5.04. The van der Waals surface area contributed by atoms with Gasteiger partial charge in [-0.15, -0.1) is 0 Å². The van der Waals surface area contributed by atoms with Gasteiger partial charge in [-0.05, 0) is 25.5 Å². The molecule has 0 radical (unpaired) electrons. The zero-order chi connectivity index (χ0) is 15.8. The van der Waals surface area contributed by atoms with Crippen molar-refractivity contribution in [3.05, 3.63) is 34.2 Å². The summed E-state index contributed by atoms with van der Waals surface area (Å²) in [6, 6.07) is 2.32. The molecule has 0 aliphatic carbocycles. The second kappa shape index (κ2) is 5.67. The maximum Gasteiger partial charge on any atom is 0.433 e. The van der Waals surface area contributed by atoms with E-state index >= 15 is 0 Å². The molecule has 1 heterocycles. The Balaban J connectivity index is 2.86. The van der Waals surface area contributed by atoms with Crippen LogP contribution in [0.2, 0.25) is 5.02 Å². The average molecular weight is 321 g/mol. The van der Waals surface area contributed by atoms with E-state index in [1.165, 1.54) is 13.0 Å². The maximum atomic E-state index is 14.0. The highest BCUT2D eigenvalue weighted by Crippen LogP contribution is 2.39. The van der Waals surface area contributed by atoms with Gasteiger partial charge in [0.2, 0.25) is 0 Å². The van der Waals surface area contributed by atoms with Crippen LogP contribution in [0.1, 0.15) is 24.6 Å². The van der Waals surface area contributed by atoms with Gasteiger partial charge >= 0.3 is 6.18 Å². The van der Waals surface area contributed by atoms with Gasteiger partial charge in [0.05, 0.1) is 21.6 Å². The lowest BCUT2D eigenvalue weighted by molar-refractivity contribution is -0.141. The van der Waals surface area contributed by atoms with Crippen LogP contribution < -0.4 is 5.32 Å². The van der Waals surface area contributed by atoms with Crippen molar-refractivity contribution < 1.29 is 17.6 Å². The first kappa shape index (κ1) is 15.8. The van der Waals surface area contributed by atoms with Crippen LogP contribution in [0.4, 0.5) is 23.2 Å². The smallest absolute Gasteiger partial charge is 0.384 e. The standard InChI is InChI=1S/C14H13ClF4N2/c1-3-6-20-11-7(2)13(14(17,18)19)21-12-8(15)4-5-9(16)10(11)12/h4-5H,3,6H2,1-2H3,(H,20,21). The number of nitrogens with zero attached hydrogens (tertiary/aromatic N) is 1. The Labute approximate surface area is 124 Å². The molecule has 0 atom stereocenters. The van der Waals surface area contributed by atoms with Gasteiger partial charge in [0.15, 0.2) is 0 Å². The topological polar surface area (TPSA) is 24.9 Å². The van der Waals surface area contributed by atoms with Gasteiger partial charge in [0, 0.05) is 12.1 Å². The number of fused-ring (bicyclic) bond motifs is 1. The number of pyridine rings is 1. The van der Waals surface area contributed by atoms with Crippen LogP contribution in [0, 0.1) is 12.7 Å². The van der Waals surface area contributed by atoms with Gasteiger partial charge in [0.1, 0.15) is 11.5 Å². The summed E-state index contributed by atoms with van der Waals surface area (Å²) in [5.41, 5.74) is -1.28. The predicted molar refractivity (Wildman–Crippen MR) is 75.2 cm³/mol. The van der Waals surface area contributed by atoms with Crippen LogP contribution in [-0.4, -0.2) is 11.5 Å². The molecule has 2 aromatic rings. The highest BCUT2D eigenvalue weighted by atomic mass is 35.5. The van der Waals surface area contributed by atoms with E-state index in [1.54, 1.807) is 0 Å². The number of nitrogens with one attached hydrogen (secondary N) is 1. The van der Waals surface area contributed by atoms with Gasteiger partial charge in [-0.1, -0.05) is 18.5 Å². The summed E-state index contributed by atoms with van der Waals surface area (Å²) in [6.45, 7) is 3.55. The van der Waals surface area contributed by atoms with Crippen molar-refractivity contribution in [2.75, 3.05) is 11.9 Å². The molecule has 0 aliphatic heterocycles. The summed E-state index contributed by atoms with van der Waals surface area (Å²) in [7, 11) is 0. The Hall–Kier alpha value is -1.56. The molecule has 2 nitrogen and oxygen atoms in total. The van der Waals surface area contributed by atoms with Crippen molar-refractivity contribution in [1.29, 1.82) is 0 Å². The first-order valence-corrected chi connectivity index (χ1v) is 6.74. The summed E-state index contributed by atoms with van der Waals surface area (Å²) in [4.78, 5) is 3.54. The van der Waals surface area contributed by atoms with Gasteiger partial charge in [-0.2, -0.15) is 13.2 Å². The van der Waals surface area contributed by atoms with Crippen molar-refractivity contribution in [3.63, 3.8) is 0 Å². The maximum absolute atomic E-state index is 14.0. The molecule has 1 aromatic carbocycles. The molecule has 0 aliphatic rings. The SMILES string of the molecule is CCCNc1c(C)c(C(F)(F)F)nc2c(Cl)ccc(F)c12. The minimum absolute atomic E-state index is 0.0125. The fraction of sp³-hybridized carbons (Fsp3) is 0.357. The van der Waals surface area contributed by atoms with Crippen LogP contribution in [0.3, 0.4) is 0 Å². The molecule has 0 spiro atoms. The molecule has 0 saturated heterocycles. The van der Waals surface area contributed by atoms with E-state index in [-0.39, 0.29) is 27.2 Å². The minimum Gasteiger partial charge on any atom is -0.384 e. The number of aromatic nitrogens is 1. The normalized spacial score (nSPS) is 12.0. The summed E-state index contributed by atoms with van der Waals surface area (Å²) < 4.78 is 53.3. The predicted octanol–water partition coefficient (Wildman–Crippen LogP) is 5.18. The van der Waals surface area contributed by atoms with E-state index in [9.17, 15) is 17.6 Å². The molecule has 1 aromatic heterocycles. The number of rotatable bonds is 3. The van der Waals surface area contributed by atoms with Crippen LogP contribution in [-0.2, 0) is 6.18 Å². The zero-order valence-electron chi connectivity index (χ0n) is 11.4.